The molecule has 0 aliphatic heterocycles. The van der Waals surface area contributed by atoms with Crippen LogP contribution in [0, 0.1) is 0 Å². The van der Waals surface area contributed by atoms with E-state index in [9.17, 15) is 0 Å². The van der Waals surface area contributed by atoms with E-state index in [4.69, 9.17) is 4.42 Å². The first kappa shape index (κ1) is 29.5. The van der Waals surface area contributed by atoms with E-state index >= 15 is 0 Å². The fourth-order valence-corrected chi connectivity index (χ4v) is 8.36. The molecule has 0 saturated carbocycles. The molecule has 0 saturated heterocycles. The summed E-state index contributed by atoms with van der Waals surface area (Å²) in [6, 6.07) is 63.5. The molecule has 0 spiro atoms. The van der Waals surface area contributed by atoms with Gasteiger partial charge in [-0.25, -0.2) is 0 Å². The van der Waals surface area contributed by atoms with E-state index in [1.165, 1.54) is 55.3 Å². The predicted octanol–water partition coefficient (Wildman–Crippen LogP) is 13.8. The van der Waals surface area contributed by atoms with E-state index in [2.05, 4.69) is 195 Å². The van der Waals surface area contributed by atoms with E-state index < -0.39 is 0 Å². The average Bonchev–Trinajstić information content (AvgIpc) is 3.69. The highest BCUT2D eigenvalue weighted by Gasteiger charge is 2.37. The van der Waals surface area contributed by atoms with Crippen molar-refractivity contribution in [3.8, 4) is 33.4 Å². The first-order chi connectivity index (χ1) is 25.1. The normalized spacial score (nSPS) is 13.1. The van der Waals surface area contributed by atoms with Crippen LogP contribution in [0.4, 0.5) is 17.1 Å². The molecule has 0 bridgehead atoms. The molecule has 1 aliphatic rings. The van der Waals surface area contributed by atoms with Gasteiger partial charge in [-0.3, -0.25) is 0 Å². The molecule has 2 nitrogen and oxygen atoms in total. The van der Waals surface area contributed by atoms with Gasteiger partial charge in [-0.2, -0.15) is 0 Å². The second-order valence-electron chi connectivity index (χ2n) is 14.1. The fourth-order valence-electron chi connectivity index (χ4n) is 8.36. The van der Waals surface area contributed by atoms with Crippen LogP contribution in [0.2, 0.25) is 0 Å². The first-order valence-corrected chi connectivity index (χ1v) is 17.7. The second kappa shape index (κ2) is 11.3. The van der Waals surface area contributed by atoms with E-state index in [-0.39, 0.29) is 5.41 Å². The number of furan rings is 1. The van der Waals surface area contributed by atoms with Gasteiger partial charge in [0, 0.05) is 27.6 Å². The van der Waals surface area contributed by atoms with E-state index in [1.807, 2.05) is 0 Å². The van der Waals surface area contributed by atoms with Crippen molar-refractivity contribution < 1.29 is 4.42 Å². The molecule has 0 amide bonds. The highest BCUT2D eigenvalue weighted by molar-refractivity contribution is 6.21. The van der Waals surface area contributed by atoms with Gasteiger partial charge in [-0.15, -0.1) is 0 Å². The number of para-hydroxylation sites is 1. The summed E-state index contributed by atoms with van der Waals surface area (Å²) in [4.78, 5) is 2.37. The topological polar surface area (TPSA) is 16.4 Å². The number of anilines is 3. The summed E-state index contributed by atoms with van der Waals surface area (Å²) in [5, 5.41) is 4.69. The van der Waals surface area contributed by atoms with Crippen LogP contribution in [0.5, 0.6) is 0 Å². The minimum absolute atomic E-state index is 0.182. The number of hydrogen-bond acceptors (Lipinski definition) is 2. The summed E-state index contributed by atoms with van der Waals surface area (Å²) in [5.74, 6) is 0. The van der Waals surface area contributed by atoms with Crippen LogP contribution in [0.3, 0.4) is 0 Å². The van der Waals surface area contributed by atoms with Gasteiger partial charge in [0.15, 0.2) is 5.58 Å². The van der Waals surface area contributed by atoms with Crippen LogP contribution in [0.15, 0.2) is 180 Å². The van der Waals surface area contributed by atoms with Crippen LogP contribution >= 0.6 is 0 Å². The standard InChI is InChI=1S/C49H35NO/c1-49(2)42-21-11-19-38(34-15-7-4-8-16-34)46(42)40-29-28-37(31-43(40)49)50(36-26-23-33(24-27-36)32-13-5-3-6-14-32)44-22-12-20-41-47-39-18-10-9-17-35(39)25-30-45(47)51-48(41)44/h3-31H,1-2H3. The second-order valence-corrected chi connectivity index (χ2v) is 14.1. The molecule has 242 valence electrons. The smallest absolute Gasteiger partial charge is 0.159 e. The zero-order chi connectivity index (χ0) is 34.1. The number of benzene rings is 8. The molecule has 0 radical (unpaired) electrons. The Hall–Kier alpha value is -6.38. The largest absolute Gasteiger partial charge is 0.454 e. The molecule has 0 unspecified atom stereocenters. The zero-order valence-electron chi connectivity index (χ0n) is 28.6. The van der Waals surface area contributed by atoms with Crippen molar-refractivity contribution in [2.24, 2.45) is 0 Å². The number of hydrogen-bond donors (Lipinski definition) is 0. The Morgan fingerprint density at radius 2 is 1.14 bits per heavy atom. The molecule has 8 aromatic carbocycles. The fraction of sp³-hybridized carbons (Fsp3) is 0.0612. The molecule has 0 fully saturated rings. The SMILES string of the molecule is CC1(C)c2cc(N(c3ccc(-c4ccccc4)cc3)c3cccc4c3oc3ccc5ccccc5c34)ccc2-c2c(-c3ccccc3)cccc21. The molecular weight excluding hydrogens is 619 g/mol. The lowest BCUT2D eigenvalue weighted by Crippen LogP contribution is -2.16. The van der Waals surface area contributed by atoms with Crippen molar-refractivity contribution in [1.29, 1.82) is 0 Å². The van der Waals surface area contributed by atoms with Gasteiger partial charge < -0.3 is 9.32 Å². The van der Waals surface area contributed by atoms with Crippen molar-refractivity contribution in [1.82, 2.24) is 0 Å². The maximum absolute atomic E-state index is 6.82. The maximum atomic E-state index is 6.82. The summed E-state index contributed by atoms with van der Waals surface area (Å²) in [6.45, 7) is 4.72. The first-order valence-electron chi connectivity index (χ1n) is 17.7. The maximum Gasteiger partial charge on any atom is 0.159 e. The molecule has 51 heavy (non-hydrogen) atoms. The van der Waals surface area contributed by atoms with E-state index in [0.717, 1.165) is 39.0 Å². The zero-order valence-corrected chi connectivity index (χ0v) is 28.6. The van der Waals surface area contributed by atoms with Crippen molar-refractivity contribution in [2.45, 2.75) is 19.3 Å². The van der Waals surface area contributed by atoms with Crippen molar-refractivity contribution >= 4 is 49.8 Å². The molecule has 9 aromatic rings. The molecule has 2 heteroatoms. The van der Waals surface area contributed by atoms with Gasteiger partial charge in [-0.1, -0.05) is 153 Å². The van der Waals surface area contributed by atoms with Crippen LogP contribution in [0.1, 0.15) is 25.0 Å². The average molecular weight is 654 g/mol. The Morgan fingerprint density at radius 3 is 1.94 bits per heavy atom. The summed E-state index contributed by atoms with van der Waals surface area (Å²) in [6.07, 6.45) is 0. The minimum atomic E-state index is -0.182. The number of fused-ring (bicyclic) bond motifs is 8. The van der Waals surface area contributed by atoms with Crippen molar-refractivity contribution in [3.05, 3.63) is 187 Å². The summed E-state index contributed by atoms with van der Waals surface area (Å²) >= 11 is 0. The summed E-state index contributed by atoms with van der Waals surface area (Å²) in [5.41, 5.74) is 15.0. The van der Waals surface area contributed by atoms with Crippen molar-refractivity contribution in [2.75, 3.05) is 4.90 Å². The van der Waals surface area contributed by atoms with Gasteiger partial charge in [0.25, 0.3) is 0 Å². The van der Waals surface area contributed by atoms with Gasteiger partial charge in [0.2, 0.25) is 0 Å². The van der Waals surface area contributed by atoms with Crippen LogP contribution in [-0.4, -0.2) is 0 Å². The van der Waals surface area contributed by atoms with Gasteiger partial charge >= 0.3 is 0 Å². The third-order valence-corrected chi connectivity index (χ3v) is 10.9. The Kier molecular flexibility index (Phi) is 6.56. The van der Waals surface area contributed by atoms with Crippen LogP contribution < -0.4 is 4.90 Å². The predicted molar refractivity (Wildman–Crippen MR) is 214 cm³/mol. The Bertz CT molecular complexity index is 2760. The monoisotopic (exact) mass is 653 g/mol. The Labute approximate surface area is 297 Å². The lowest BCUT2D eigenvalue weighted by molar-refractivity contribution is 0.660. The van der Waals surface area contributed by atoms with E-state index in [1.54, 1.807) is 0 Å². The lowest BCUT2D eigenvalue weighted by atomic mass is 9.81. The van der Waals surface area contributed by atoms with Crippen molar-refractivity contribution in [3.63, 3.8) is 0 Å². The Balaban J connectivity index is 1.20. The highest BCUT2D eigenvalue weighted by atomic mass is 16.3. The Morgan fingerprint density at radius 1 is 0.471 bits per heavy atom. The lowest BCUT2D eigenvalue weighted by Gasteiger charge is -2.28. The quantitative estimate of drug-likeness (QED) is 0.184. The third kappa shape index (κ3) is 4.57. The molecule has 10 rings (SSSR count). The van der Waals surface area contributed by atoms with Gasteiger partial charge in [-0.05, 0) is 91.7 Å². The van der Waals surface area contributed by atoms with Gasteiger partial charge in [0.1, 0.15) is 5.58 Å². The van der Waals surface area contributed by atoms with Crippen LogP contribution in [0.25, 0.3) is 66.1 Å². The highest BCUT2D eigenvalue weighted by Crippen LogP contribution is 2.54. The molecular formula is C49H35NO. The van der Waals surface area contributed by atoms with Crippen LogP contribution in [-0.2, 0) is 5.41 Å². The molecule has 0 N–H and O–H groups in total. The summed E-state index contributed by atoms with van der Waals surface area (Å²) < 4.78 is 6.82. The number of rotatable bonds is 5. The number of nitrogens with zero attached hydrogens (tertiary/aromatic N) is 1. The molecule has 0 atom stereocenters. The van der Waals surface area contributed by atoms with E-state index in [0.29, 0.717) is 0 Å². The molecule has 1 heterocycles. The third-order valence-electron chi connectivity index (χ3n) is 10.9. The molecule has 1 aromatic heterocycles. The summed E-state index contributed by atoms with van der Waals surface area (Å²) in [7, 11) is 0. The molecule has 1 aliphatic carbocycles. The minimum Gasteiger partial charge on any atom is -0.454 e. The van der Waals surface area contributed by atoms with Gasteiger partial charge in [0.05, 0.1) is 5.69 Å².